The van der Waals surface area contributed by atoms with Crippen molar-refractivity contribution < 1.29 is 29.0 Å². The summed E-state index contributed by atoms with van der Waals surface area (Å²) in [7, 11) is 1.33. The van der Waals surface area contributed by atoms with E-state index in [4.69, 9.17) is 9.84 Å². The molecule has 9 heteroatoms. The SMILES string of the molecule is COC(CNC(=O)CN1C(=O)CNC1=O)CC(=O)O. The van der Waals surface area contributed by atoms with Gasteiger partial charge in [-0.2, -0.15) is 0 Å². The van der Waals surface area contributed by atoms with Gasteiger partial charge in [0.15, 0.2) is 0 Å². The molecule has 1 rings (SSSR count). The molecule has 0 radical (unpaired) electrons. The first-order valence-electron chi connectivity index (χ1n) is 5.53. The molecule has 0 bridgehead atoms. The summed E-state index contributed by atoms with van der Waals surface area (Å²) in [5.74, 6) is -2.08. The summed E-state index contributed by atoms with van der Waals surface area (Å²) in [6, 6.07) is -0.617. The molecule has 0 aliphatic carbocycles. The zero-order chi connectivity index (χ0) is 14.4. The number of nitrogens with one attached hydrogen (secondary N) is 2. The number of aliphatic carboxylic acids is 1. The van der Waals surface area contributed by atoms with Crippen molar-refractivity contribution in [3.8, 4) is 0 Å². The van der Waals surface area contributed by atoms with Gasteiger partial charge >= 0.3 is 12.0 Å². The van der Waals surface area contributed by atoms with Crippen LogP contribution in [0.25, 0.3) is 0 Å². The van der Waals surface area contributed by atoms with Gasteiger partial charge in [-0.05, 0) is 0 Å². The van der Waals surface area contributed by atoms with E-state index in [2.05, 4.69) is 10.6 Å². The first-order chi connectivity index (χ1) is 8.93. The number of carboxylic acids is 1. The molecule has 19 heavy (non-hydrogen) atoms. The minimum Gasteiger partial charge on any atom is -0.481 e. The second-order valence-corrected chi connectivity index (χ2v) is 3.90. The Labute approximate surface area is 108 Å². The number of rotatable bonds is 7. The summed E-state index contributed by atoms with van der Waals surface area (Å²) in [4.78, 5) is 45.2. The Bertz CT molecular complexity index is 381. The van der Waals surface area contributed by atoms with E-state index in [1.807, 2.05) is 0 Å². The molecule has 0 aromatic heterocycles. The van der Waals surface area contributed by atoms with Gasteiger partial charge in [-0.25, -0.2) is 4.79 Å². The number of methoxy groups -OCH3 is 1. The maximum absolute atomic E-state index is 11.5. The van der Waals surface area contributed by atoms with Crippen LogP contribution >= 0.6 is 0 Å². The highest BCUT2D eigenvalue weighted by Crippen LogP contribution is 1.99. The van der Waals surface area contributed by atoms with Crippen LogP contribution in [0.5, 0.6) is 0 Å². The number of carbonyl (C=O) groups is 4. The van der Waals surface area contributed by atoms with Crippen LogP contribution in [0.15, 0.2) is 0 Å². The summed E-state index contributed by atoms with van der Waals surface area (Å²) >= 11 is 0. The fourth-order valence-electron chi connectivity index (χ4n) is 1.48. The second-order valence-electron chi connectivity index (χ2n) is 3.90. The minimum atomic E-state index is -1.05. The van der Waals surface area contributed by atoms with E-state index in [0.717, 1.165) is 4.90 Å². The average molecular weight is 273 g/mol. The molecule has 1 saturated heterocycles. The third-order valence-electron chi connectivity index (χ3n) is 2.50. The Balaban J connectivity index is 2.36. The van der Waals surface area contributed by atoms with Crippen molar-refractivity contribution in [2.45, 2.75) is 12.5 Å². The summed E-state index contributed by atoms with van der Waals surface area (Å²) in [5.41, 5.74) is 0. The van der Waals surface area contributed by atoms with Crippen LogP contribution in [-0.2, 0) is 19.1 Å². The summed E-state index contributed by atoms with van der Waals surface area (Å²) in [6.45, 7) is -0.523. The lowest BCUT2D eigenvalue weighted by molar-refractivity contribution is -0.140. The van der Waals surface area contributed by atoms with E-state index in [9.17, 15) is 19.2 Å². The van der Waals surface area contributed by atoms with Gasteiger partial charge in [0.05, 0.1) is 19.1 Å². The van der Waals surface area contributed by atoms with E-state index in [1.54, 1.807) is 0 Å². The number of urea groups is 1. The Morgan fingerprint density at radius 1 is 1.53 bits per heavy atom. The smallest absolute Gasteiger partial charge is 0.325 e. The molecular formula is C10H15N3O6. The fraction of sp³-hybridized carbons (Fsp3) is 0.600. The molecule has 0 aromatic carbocycles. The molecule has 106 valence electrons. The zero-order valence-electron chi connectivity index (χ0n) is 10.3. The molecule has 1 fully saturated rings. The van der Waals surface area contributed by atoms with Crippen LogP contribution < -0.4 is 10.6 Å². The summed E-state index contributed by atoms with van der Waals surface area (Å²) < 4.78 is 4.87. The first kappa shape index (κ1) is 14.9. The maximum Gasteiger partial charge on any atom is 0.325 e. The molecule has 4 amide bonds. The van der Waals surface area contributed by atoms with Gasteiger partial charge in [-0.3, -0.25) is 19.3 Å². The highest BCUT2D eigenvalue weighted by atomic mass is 16.5. The van der Waals surface area contributed by atoms with Crippen LogP contribution in [0.4, 0.5) is 4.79 Å². The molecule has 1 unspecified atom stereocenters. The van der Waals surface area contributed by atoms with Crippen LogP contribution in [-0.4, -0.2) is 66.7 Å². The maximum atomic E-state index is 11.5. The third kappa shape index (κ3) is 4.54. The highest BCUT2D eigenvalue weighted by molar-refractivity contribution is 6.04. The molecule has 0 aromatic rings. The molecule has 9 nitrogen and oxygen atoms in total. The molecule has 3 N–H and O–H groups in total. The van der Waals surface area contributed by atoms with Gasteiger partial charge in [0.1, 0.15) is 6.54 Å². The minimum absolute atomic E-state index is 0.00865. The number of imide groups is 1. The molecule has 0 spiro atoms. The lowest BCUT2D eigenvalue weighted by Crippen LogP contribution is -2.43. The molecular weight excluding hydrogens is 258 g/mol. The van der Waals surface area contributed by atoms with Gasteiger partial charge in [0, 0.05) is 13.7 Å². The summed E-state index contributed by atoms with van der Waals surface area (Å²) in [5, 5.41) is 13.3. The molecule has 1 atom stereocenters. The van der Waals surface area contributed by atoms with Gasteiger partial charge in [0.25, 0.3) is 5.91 Å². The zero-order valence-corrected chi connectivity index (χ0v) is 10.3. The standard InChI is InChI=1S/C10H15N3O6/c1-19-6(2-9(16)17)3-11-7(14)5-13-8(15)4-12-10(13)18/h6H,2-5H2,1H3,(H,11,14)(H,12,18)(H,16,17). The van der Waals surface area contributed by atoms with Crippen molar-refractivity contribution in [1.29, 1.82) is 0 Å². The lowest BCUT2D eigenvalue weighted by atomic mass is 10.2. The van der Waals surface area contributed by atoms with E-state index in [1.165, 1.54) is 7.11 Å². The van der Waals surface area contributed by atoms with E-state index in [0.29, 0.717) is 0 Å². The van der Waals surface area contributed by atoms with Crippen molar-refractivity contribution in [3.05, 3.63) is 0 Å². The number of carboxylic acid groups (broad SMARTS) is 1. The Hall–Kier alpha value is -2.16. The topological polar surface area (TPSA) is 125 Å². The van der Waals surface area contributed by atoms with Crippen molar-refractivity contribution in [3.63, 3.8) is 0 Å². The number of amides is 4. The predicted octanol–water partition coefficient (Wildman–Crippen LogP) is -1.86. The molecule has 1 heterocycles. The number of nitrogens with zero attached hydrogens (tertiary/aromatic N) is 1. The monoisotopic (exact) mass is 273 g/mol. The highest BCUT2D eigenvalue weighted by Gasteiger charge is 2.30. The molecule has 0 saturated carbocycles. The van der Waals surface area contributed by atoms with E-state index in [-0.39, 0.29) is 19.5 Å². The predicted molar refractivity (Wildman–Crippen MR) is 61.2 cm³/mol. The molecule has 1 aliphatic rings. The lowest BCUT2D eigenvalue weighted by Gasteiger charge is -2.16. The van der Waals surface area contributed by atoms with Gasteiger partial charge in [-0.15, -0.1) is 0 Å². The van der Waals surface area contributed by atoms with Crippen LogP contribution in [0.2, 0.25) is 0 Å². The quantitative estimate of drug-likeness (QED) is 0.467. The van der Waals surface area contributed by atoms with E-state index < -0.39 is 36.5 Å². The number of hydrogen-bond donors (Lipinski definition) is 3. The third-order valence-corrected chi connectivity index (χ3v) is 2.50. The van der Waals surface area contributed by atoms with Crippen LogP contribution in [0.1, 0.15) is 6.42 Å². The Morgan fingerprint density at radius 3 is 2.68 bits per heavy atom. The van der Waals surface area contributed by atoms with E-state index >= 15 is 0 Å². The van der Waals surface area contributed by atoms with Crippen molar-refractivity contribution in [2.24, 2.45) is 0 Å². The fourth-order valence-corrected chi connectivity index (χ4v) is 1.48. The number of hydrogen-bond acceptors (Lipinski definition) is 5. The molecule has 1 aliphatic heterocycles. The normalized spacial score (nSPS) is 16.2. The Morgan fingerprint density at radius 2 is 2.21 bits per heavy atom. The Kier molecular flexibility index (Phi) is 5.24. The van der Waals surface area contributed by atoms with Crippen LogP contribution in [0.3, 0.4) is 0 Å². The average Bonchev–Trinajstić information content (AvgIpc) is 2.65. The number of ether oxygens (including phenoxy) is 1. The first-order valence-corrected chi connectivity index (χ1v) is 5.53. The van der Waals surface area contributed by atoms with Gasteiger partial charge < -0.3 is 20.5 Å². The number of carbonyl (C=O) groups excluding carboxylic acids is 3. The largest absolute Gasteiger partial charge is 0.481 e. The van der Waals surface area contributed by atoms with Gasteiger partial charge in [-0.1, -0.05) is 0 Å². The van der Waals surface area contributed by atoms with Crippen LogP contribution in [0, 0.1) is 0 Å². The van der Waals surface area contributed by atoms with Gasteiger partial charge in [0.2, 0.25) is 5.91 Å². The van der Waals surface area contributed by atoms with Crippen molar-refractivity contribution in [1.82, 2.24) is 15.5 Å². The van der Waals surface area contributed by atoms with Crippen molar-refractivity contribution in [2.75, 3.05) is 26.7 Å². The van der Waals surface area contributed by atoms with Crippen molar-refractivity contribution >= 4 is 23.8 Å². The second kappa shape index (κ2) is 6.69. The summed E-state index contributed by atoms with van der Waals surface area (Å²) in [6.07, 6.45) is -0.913.